The summed E-state index contributed by atoms with van der Waals surface area (Å²) in [6.07, 6.45) is 1.93. The summed E-state index contributed by atoms with van der Waals surface area (Å²) in [5, 5.41) is 0. The van der Waals surface area contributed by atoms with Crippen LogP contribution in [0.1, 0.15) is 11.1 Å². The number of carbonyl (C=O) groups is 1. The minimum atomic E-state index is -0.366. The van der Waals surface area contributed by atoms with Crippen molar-refractivity contribution in [3.05, 3.63) is 48.0 Å². The highest BCUT2D eigenvalue weighted by Crippen LogP contribution is 2.11. The number of carbonyl (C=O) groups excluding carboxylic acids is 1. The predicted molar refractivity (Wildman–Crippen MR) is 75.9 cm³/mol. The SMILES string of the molecule is C=CC(=O)OCCc1ccccc1CN(C)C.Cl. The standard InChI is InChI=1S/C14H19NO2.ClH/c1-4-14(16)17-10-9-12-7-5-6-8-13(12)11-15(2)3;/h4-8H,1,9-11H2,2-3H3;1H. The second-order valence-electron chi connectivity index (χ2n) is 4.13. The Morgan fingerprint density at radius 1 is 1.33 bits per heavy atom. The fourth-order valence-electron chi connectivity index (χ4n) is 1.62. The average molecular weight is 270 g/mol. The van der Waals surface area contributed by atoms with Crippen LogP contribution in [0.2, 0.25) is 0 Å². The van der Waals surface area contributed by atoms with Gasteiger partial charge >= 0.3 is 5.97 Å². The summed E-state index contributed by atoms with van der Waals surface area (Å²) in [7, 11) is 4.07. The van der Waals surface area contributed by atoms with Crippen molar-refractivity contribution in [2.45, 2.75) is 13.0 Å². The molecule has 1 aromatic carbocycles. The van der Waals surface area contributed by atoms with Gasteiger partial charge < -0.3 is 9.64 Å². The summed E-state index contributed by atoms with van der Waals surface area (Å²) < 4.78 is 4.98. The van der Waals surface area contributed by atoms with Gasteiger partial charge in [-0.1, -0.05) is 30.8 Å². The molecule has 1 rings (SSSR count). The zero-order valence-electron chi connectivity index (χ0n) is 10.9. The highest BCUT2D eigenvalue weighted by Gasteiger charge is 2.04. The fraction of sp³-hybridized carbons (Fsp3) is 0.357. The second-order valence-corrected chi connectivity index (χ2v) is 4.13. The van der Waals surface area contributed by atoms with Crippen LogP contribution in [-0.2, 0) is 22.5 Å². The van der Waals surface area contributed by atoms with Crippen molar-refractivity contribution in [3.8, 4) is 0 Å². The van der Waals surface area contributed by atoms with E-state index < -0.39 is 0 Å². The van der Waals surface area contributed by atoms with Crippen molar-refractivity contribution in [1.82, 2.24) is 4.90 Å². The summed E-state index contributed by atoms with van der Waals surface area (Å²) in [6, 6.07) is 8.20. The van der Waals surface area contributed by atoms with Crippen molar-refractivity contribution < 1.29 is 9.53 Å². The Balaban J connectivity index is 0.00000289. The molecule has 0 N–H and O–H groups in total. The molecule has 3 nitrogen and oxygen atoms in total. The summed E-state index contributed by atoms with van der Waals surface area (Å²) in [5.41, 5.74) is 2.49. The zero-order chi connectivity index (χ0) is 12.7. The summed E-state index contributed by atoms with van der Waals surface area (Å²) in [4.78, 5) is 13.0. The molecule has 0 bridgehead atoms. The van der Waals surface area contributed by atoms with Gasteiger partial charge in [0, 0.05) is 19.0 Å². The first-order valence-electron chi connectivity index (χ1n) is 5.64. The van der Waals surface area contributed by atoms with Gasteiger partial charge in [-0.2, -0.15) is 0 Å². The Morgan fingerprint density at radius 2 is 1.94 bits per heavy atom. The zero-order valence-corrected chi connectivity index (χ0v) is 11.7. The molecule has 100 valence electrons. The van der Waals surface area contributed by atoms with Gasteiger partial charge in [-0.25, -0.2) is 4.79 Å². The number of ether oxygens (including phenoxy) is 1. The lowest BCUT2D eigenvalue weighted by Crippen LogP contribution is -2.13. The van der Waals surface area contributed by atoms with Gasteiger partial charge in [0.2, 0.25) is 0 Å². The van der Waals surface area contributed by atoms with Crippen LogP contribution >= 0.6 is 12.4 Å². The van der Waals surface area contributed by atoms with Crippen molar-refractivity contribution >= 4 is 18.4 Å². The molecule has 0 unspecified atom stereocenters. The lowest BCUT2D eigenvalue weighted by atomic mass is 10.0. The van der Waals surface area contributed by atoms with Crippen LogP contribution < -0.4 is 0 Å². The first kappa shape index (κ1) is 16.7. The van der Waals surface area contributed by atoms with Crippen LogP contribution in [0, 0.1) is 0 Å². The van der Waals surface area contributed by atoms with E-state index >= 15 is 0 Å². The molecule has 0 aliphatic heterocycles. The smallest absolute Gasteiger partial charge is 0.330 e. The maximum atomic E-state index is 10.9. The highest BCUT2D eigenvalue weighted by molar-refractivity contribution is 5.85. The number of rotatable bonds is 6. The van der Waals surface area contributed by atoms with E-state index in [1.54, 1.807) is 0 Å². The molecule has 0 heterocycles. The van der Waals surface area contributed by atoms with Crippen molar-refractivity contribution in [3.63, 3.8) is 0 Å². The van der Waals surface area contributed by atoms with E-state index in [4.69, 9.17) is 4.74 Å². The molecular formula is C14H20ClNO2. The lowest BCUT2D eigenvalue weighted by Gasteiger charge is -2.14. The van der Waals surface area contributed by atoms with Gasteiger partial charge in [0.25, 0.3) is 0 Å². The Hall–Kier alpha value is -1.32. The highest BCUT2D eigenvalue weighted by atomic mass is 35.5. The van der Waals surface area contributed by atoms with Gasteiger partial charge in [-0.3, -0.25) is 0 Å². The number of nitrogens with zero attached hydrogens (tertiary/aromatic N) is 1. The maximum absolute atomic E-state index is 10.9. The third-order valence-corrected chi connectivity index (χ3v) is 2.39. The van der Waals surface area contributed by atoms with E-state index in [2.05, 4.69) is 23.6 Å². The number of halogens is 1. The van der Waals surface area contributed by atoms with Crippen molar-refractivity contribution in [1.29, 1.82) is 0 Å². The molecule has 0 amide bonds. The van der Waals surface area contributed by atoms with Crippen LogP contribution in [0.4, 0.5) is 0 Å². The molecule has 0 atom stereocenters. The molecule has 0 aromatic heterocycles. The van der Waals surface area contributed by atoms with Gasteiger partial charge in [0.15, 0.2) is 0 Å². The van der Waals surface area contributed by atoms with E-state index in [9.17, 15) is 4.79 Å². The van der Waals surface area contributed by atoms with Gasteiger partial charge in [-0.05, 0) is 25.2 Å². The molecule has 18 heavy (non-hydrogen) atoms. The van der Waals surface area contributed by atoms with Crippen LogP contribution in [0.15, 0.2) is 36.9 Å². The maximum Gasteiger partial charge on any atom is 0.330 e. The molecule has 1 aromatic rings. The summed E-state index contributed by atoms with van der Waals surface area (Å²) >= 11 is 0. The Kier molecular flexibility index (Phi) is 8.08. The van der Waals surface area contributed by atoms with Crippen LogP contribution in [-0.4, -0.2) is 31.6 Å². The van der Waals surface area contributed by atoms with Crippen molar-refractivity contribution in [2.75, 3.05) is 20.7 Å². The monoisotopic (exact) mass is 269 g/mol. The first-order valence-corrected chi connectivity index (χ1v) is 5.64. The second kappa shape index (κ2) is 8.72. The fourth-order valence-corrected chi connectivity index (χ4v) is 1.62. The molecule has 0 aliphatic rings. The summed E-state index contributed by atoms with van der Waals surface area (Å²) in [6.45, 7) is 4.65. The number of esters is 1. The molecule has 0 saturated heterocycles. The van der Waals surface area contributed by atoms with E-state index in [-0.39, 0.29) is 18.4 Å². The molecule has 0 aliphatic carbocycles. The lowest BCUT2D eigenvalue weighted by molar-refractivity contribution is -0.137. The first-order chi connectivity index (χ1) is 8.13. The summed E-state index contributed by atoms with van der Waals surface area (Å²) in [5.74, 6) is -0.366. The number of hydrogen-bond donors (Lipinski definition) is 0. The molecule has 4 heteroatoms. The quantitative estimate of drug-likeness (QED) is 0.587. The van der Waals surface area contributed by atoms with Gasteiger partial charge in [0.1, 0.15) is 0 Å². The Morgan fingerprint density at radius 3 is 2.50 bits per heavy atom. The van der Waals surface area contributed by atoms with Gasteiger partial charge in [0.05, 0.1) is 6.61 Å². The predicted octanol–water partition coefficient (Wildman–Crippen LogP) is 2.44. The largest absolute Gasteiger partial charge is 0.462 e. The van der Waals surface area contributed by atoms with E-state index in [1.165, 1.54) is 17.2 Å². The van der Waals surface area contributed by atoms with E-state index in [0.29, 0.717) is 6.61 Å². The van der Waals surface area contributed by atoms with Crippen LogP contribution in [0.25, 0.3) is 0 Å². The Labute approximate surface area is 115 Å². The molecule has 0 fully saturated rings. The minimum Gasteiger partial charge on any atom is -0.462 e. The van der Waals surface area contributed by atoms with Gasteiger partial charge in [-0.15, -0.1) is 12.4 Å². The van der Waals surface area contributed by atoms with Crippen molar-refractivity contribution in [2.24, 2.45) is 0 Å². The van der Waals surface area contributed by atoms with Crippen LogP contribution in [0.3, 0.4) is 0 Å². The topological polar surface area (TPSA) is 29.5 Å². The number of benzene rings is 1. The van der Waals surface area contributed by atoms with E-state index in [1.807, 2.05) is 26.2 Å². The molecule has 0 spiro atoms. The molecule has 0 radical (unpaired) electrons. The minimum absolute atomic E-state index is 0. The third kappa shape index (κ3) is 5.84. The molecule has 0 saturated carbocycles. The Bertz CT molecular complexity index is 391. The van der Waals surface area contributed by atoms with E-state index in [0.717, 1.165) is 13.0 Å². The number of hydrogen-bond acceptors (Lipinski definition) is 3. The normalized spacial score (nSPS) is 9.72. The third-order valence-electron chi connectivity index (χ3n) is 2.39. The molecular weight excluding hydrogens is 250 g/mol. The van der Waals surface area contributed by atoms with Crippen LogP contribution in [0.5, 0.6) is 0 Å². The average Bonchev–Trinajstić information content (AvgIpc) is 2.30.